The van der Waals surface area contributed by atoms with Crippen LogP contribution in [-0.2, 0) is 12.0 Å². The van der Waals surface area contributed by atoms with Crippen molar-refractivity contribution in [2.24, 2.45) is 5.73 Å². The molecular weight excluding hydrogens is 493 g/mol. The van der Waals surface area contributed by atoms with Crippen molar-refractivity contribution in [1.82, 2.24) is 19.9 Å². The van der Waals surface area contributed by atoms with Crippen LogP contribution < -0.4 is 16.8 Å². The third-order valence-corrected chi connectivity index (χ3v) is 6.04. The van der Waals surface area contributed by atoms with Crippen LogP contribution in [0.4, 0.5) is 11.6 Å². The van der Waals surface area contributed by atoms with Gasteiger partial charge in [-0.1, -0.05) is 19.9 Å². The second kappa shape index (κ2) is 14.0. The molecule has 1 aliphatic rings. The summed E-state index contributed by atoms with van der Waals surface area (Å²) < 4.78 is 0. The average molecular weight is 533 g/mol. The maximum absolute atomic E-state index is 6.82. The second-order valence-electron chi connectivity index (χ2n) is 8.70. The van der Waals surface area contributed by atoms with Gasteiger partial charge in [-0.25, -0.2) is 9.97 Å². The molecule has 192 valence electrons. The highest BCUT2D eigenvalue weighted by Gasteiger charge is 2.32. The van der Waals surface area contributed by atoms with Crippen LogP contribution >= 0.6 is 37.2 Å². The molecule has 0 amide bonds. The van der Waals surface area contributed by atoms with E-state index in [9.17, 15) is 0 Å². The van der Waals surface area contributed by atoms with Crippen molar-refractivity contribution >= 4 is 54.9 Å². The summed E-state index contributed by atoms with van der Waals surface area (Å²) in [4.78, 5) is 16.4. The van der Waals surface area contributed by atoms with Crippen molar-refractivity contribution in [2.45, 2.75) is 65.5 Å². The number of nitrogens with two attached hydrogens (primary N) is 2. The van der Waals surface area contributed by atoms with Crippen LogP contribution in [-0.4, -0.2) is 45.5 Å². The Balaban J connectivity index is 0.00000363. The van der Waals surface area contributed by atoms with Gasteiger partial charge in [-0.15, -0.1) is 37.2 Å². The Morgan fingerprint density at radius 1 is 1.06 bits per heavy atom. The molecule has 0 bridgehead atoms. The molecule has 1 aliphatic carbocycles. The van der Waals surface area contributed by atoms with Crippen molar-refractivity contribution in [3.63, 3.8) is 0 Å². The highest BCUT2D eigenvalue weighted by atomic mass is 35.5. The van der Waals surface area contributed by atoms with E-state index in [-0.39, 0.29) is 43.3 Å². The first-order chi connectivity index (χ1) is 14.7. The zero-order valence-corrected chi connectivity index (χ0v) is 23.2. The largest absolute Gasteiger partial charge is 0.398 e. The Morgan fingerprint density at radius 2 is 1.71 bits per heavy atom. The number of rotatable bonds is 9. The molecule has 2 aromatic heterocycles. The predicted octanol–water partition coefficient (Wildman–Crippen LogP) is 4.68. The van der Waals surface area contributed by atoms with Crippen LogP contribution in [0, 0.1) is 13.8 Å². The van der Waals surface area contributed by atoms with E-state index in [1.165, 1.54) is 0 Å². The summed E-state index contributed by atoms with van der Waals surface area (Å²) >= 11 is 0. The quantitative estimate of drug-likeness (QED) is 0.430. The highest BCUT2D eigenvalue weighted by molar-refractivity contribution is 5.86. The fraction of sp³-hybridized carbons (Fsp3) is 0.542. The molecule has 2 unspecified atom stereocenters. The van der Waals surface area contributed by atoms with Crippen LogP contribution in [0.5, 0.6) is 0 Å². The summed E-state index contributed by atoms with van der Waals surface area (Å²) in [6.45, 7) is 13.8. The number of nitrogens with zero attached hydrogens (tertiary/aromatic N) is 4. The summed E-state index contributed by atoms with van der Waals surface area (Å²) in [5.41, 5.74) is 17.5. The molecule has 2 atom stereocenters. The summed E-state index contributed by atoms with van der Waals surface area (Å²) in [6.07, 6.45) is 6.71. The molecule has 5 N–H and O–H groups in total. The summed E-state index contributed by atoms with van der Waals surface area (Å²) in [5.74, 6) is 0.629. The molecule has 0 spiro atoms. The highest BCUT2D eigenvalue weighted by Crippen LogP contribution is 2.34. The van der Waals surface area contributed by atoms with Gasteiger partial charge in [0, 0.05) is 35.1 Å². The van der Waals surface area contributed by atoms with E-state index in [4.69, 9.17) is 16.5 Å². The van der Waals surface area contributed by atoms with Gasteiger partial charge < -0.3 is 21.7 Å². The summed E-state index contributed by atoms with van der Waals surface area (Å²) in [6, 6.07) is 4.14. The molecule has 7 nitrogen and oxygen atoms in total. The zero-order valence-electron chi connectivity index (χ0n) is 20.8. The number of aromatic nitrogens is 3. The van der Waals surface area contributed by atoms with Crippen LogP contribution in [0.25, 0.3) is 6.08 Å². The Morgan fingerprint density at radius 3 is 2.35 bits per heavy atom. The lowest BCUT2D eigenvalue weighted by molar-refractivity contribution is 0.295. The SMILES string of the molecule is CCN(CC)CCCC(C)Nc1nc(C)cc(C2(N)C=Cc3nc(C)cc(N)c3C2)n1.Cl.Cl.Cl. The van der Waals surface area contributed by atoms with E-state index in [1.807, 2.05) is 38.1 Å². The first-order valence-corrected chi connectivity index (χ1v) is 11.3. The predicted molar refractivity (Wildman–Crippen MR) is 151 cm³/mol. The zero-order chi connectivity index (χ0) is 22.6. The number of anilines is 2. The van der Waals surface area contributed by atoms with Gasteiger partial charge in [0.25, 0.3) is 0 Å². The lowest BCUT2D eigenvalue weighted by atomic mass is 9.82. The Bertz CT molecular complexity index is 950. The third-order valence-electron chi connectivity index (χ3n) is 6.04. The molecule has 0 saturated carbocycles. The topological polar surface area (TPSA) is 106 Å². The van der Waals surface area contributed by atoms with E-state index >= 15 is 0 Å². The smallest absolute Gasteiger partial charge is 0.223 e. The van der Waals surface area contributed by atoms with Gasteiger partial charge in [0.2, 0.25) is 5.95 Å². The number of nitrogen functional groups attached to an aromatic ring is 1. The van der Waals surface area contributed by atoms with Crippen LogP contribution in [0.1, 0.15) is 62.0 Å². The molecule has 0 aromatic carbocycles. The van der Waals surface area contributed by atoms with Crippen molar-refractivity contribution in [3.8, 4) is 0 Å². The first kappa shape index (κ1) is 32.4. The summed E-state index contributed by atoms with van der Waals surface area (Å²) in [5, 5.41) is 3.47. The van der Waals surface area contributed by atoms with E-state index in [1.54, 1.807) is 0 Å². The third kappa shape index (κ3) is 7.95. The van der Waals surface area contributed by atoms with Gasteiger partial charge in [0.05, 0.1) is 16.9 Å². The average Bonchev–Trinajstić information content (AvgIpc) is 2.71. The molecule has 0 saturated heterocycles. The normalized spacial score (nSPS) is 17.1. The number of nitrogens with one attached hydrogen (secondary N) is 1. The molecule has 10 heteroatoms. The van der Waals surface area contributed by atoms with Crippen molar-refractivity contribution in [3.05, 3.63) is 46.5 Å². The minimum absolute atomic E-state index is 0. The maximum atomic E-state index is 6.82. The molecule has 0 aliphatic heterocycles. The molecule has 2 heterocycles. The molecule has 34 heavy (non-hydrogen) atoms. The minimum Gasteiger partial charge on any atom is -0.398 e. The van der Waals surface area contributed by atoms with Gasteiger partial charge in [-0.2, -0.15) is 0 Å². The Kier molecular flexibility index (Phi) is 13.4. The summed E-state index contributed by atoms with van der Waals surface area (Å²) in [7, 11) is 0. The number of hydrogen-bond donors (Lipinski definition) is 3. The minimum atomic E-state index is -0.742. The molecule has 3 rings (SSSR count). The van der Waals surface area contributed by atoms with Crippen molar-refractivity contribution in [1.29, 1.82) is 0 Å². The lowest BCUT2D eigenvalue weighted by Crippen LogP contribution is -2.40. The standard InChI is InChI=1S/C24H37N7.3ClH/c1-6-31(7-2)12-8-9-16(3)28-23-29-18(5)14-22(30-23)24(26)11-10-21-19(15-24)20(25)13-17(4)27-21;;;/h10-11,13-14,16H,6-9,12,15,26H2,1-5H3,(H2,25,27)(H,28,29,30);3*1H. The maximum Gasteiger partial charge on any atom is 0.223 e. The fourth-order valence-corrected chi connectivity index (χ4v) is 4.16. The van der Waals surface area contributed by atoms with Gasteiger partial charge in [-0.3, -0.25) is 4.98 Å². The van der Waals surface area contributed by atoms with Gasteiger partial charge in [0.15, 0.2) is 0 Å². The number of hydrogen-bond acceptors (Lipinski definition) is 7. The number of aryl methyl sites for hydroxylation is 2. The molecule has 0 fully saturated rings. The van der Waals surface area contributed by atoms with Crippen LogP contribution in [0.15, 0.2) is 18.2 Å². The van der Waals surface area contributed by atoms with Crippen LogP contribution in [0.2, 0.25) is 0 Å². The number of pyridine rings is 1. The fourth-order valence-electron chi connectivity index (χ4n) is 4.16. The first-order valence-electron chi connectivity index (χ1n) is 11.3. The van der Waals surface area contributed by atoms with E-state index in [2.05, 4.69) is 41.0 Å². The molecule has 0 radical (unpaired) electrons. The van der Waals surface area contributed by atoms with Gasteiger partial charge in [-0.05, 0) is 71.5 Å². The number of halogens is 3. The molecule has 2 aromatic rings. The van der Waals surface area contributed by atoms with Crippen molar-refractivity contribution in [2.75, 3.05) is 30.7 Å². The Hall–Kier alpha value is -1.64. The van der Waals surface area contributed by atoms with E-state index in [0.29, 0.717) is 12.4 Å². The monoisotopic (exact) mass is 531 g/mol. The number of fused-ring (bicyclic) bond motifs is 1. The van der Waals surface area contributed by atoms with E-state index in [0.717, 1.165) is 66.5 Å². The molecular formula is C24H40Cl3N7. The van der Waals surface area contributed by atoms with Crippen LogP contribution in [0.3, 0.4) is 0 Å². The Labute approximate surface area is 222 Å². The lowest BCUT2D eigenvalue weighted by Gasteiger charge is -2.30. The van der Waals surface area contributed by atoms with Crippen molar-refractivity contribution < 1.29 is 0 Å². The second-order valence-corrected chi connectivity index (χ2v) is 8.70. The van der Waals surface area contributed by atoms with Gasteiger partial charge in [0.1, 0.15) is 0 Å². The van der Waals surface area contributed by atoms with E-state index < -0.39 is 5.54 Å². The van der Waals surface area contributed by atoms with Gasteiger partial charge >= 0.3 is 0 Å².